The second-order valence-corrected chi connectivity index (χ2v) is 7.57. The first-order chi connectivity index (χ1) is 11.5. The molecule has 1 saturated carbocycles. The lowest BCUT2D eigenvalue weighted by Gasteiger charge is -2.37. The molecule has 1 amide bonds. The second-order valence-electron chi connectivity index (χ2n) is 7.57. The van der Waals surface area contributed by atoms with Gasteiger partial charge in [-0.3, -0.25) is 9.69 Å². The van der Waals surface area contributed by atoms with Crippen molar-refractivity contribution in [3.05, 3.63) is 35.4 Å². The minimum absolute atomic E-state index is 0.0834. The number of carbonyl (C=O) groups is 1. The van der Waals surface area contributed by atoms with E-state index in [4.69, 9.17) is 0 Å². The van der Waals surface area contributed by atoms with Gasteiger partial charge in [0.15, 0.2) is 0 Å². The number of hydrogen-bond donors (Lipinski definition) is 2. The highest BCUT2D eigenvalue weighted by Crippen LogP contribution is 2.41. The predicted octanol–water partition coefficient (Wildman–Crippen LogP) is 2.80. The first kappa shape index (κ1) is 17.4. The Morgan fingerprint density at radius 2 is 1.96 bits per heavy atom. The summed E-state index contributed by atoms with van der Waals surface area (Å²) >= 11 is 0. The van der Waals surface area contributed by atoms with Gasteiger partial charge in [0.05, 0.1) is 18.7 Å². The summed E-state index contributed by atoms with van der Waals surface area (Å²) < 4.78 is 0. The maximum absolute atomic E-state index is 12.6. The highest BCUT2D eigenvalue weighted by atomic mass is 16.3. The number of rotatable bonds is 6. The summed E-state index contributed by atoms with van der Waals surface area (Å²) in [6, 6.07) is 8.75. The molecule has 3 rings (SSSR count). The molecule has 0 bridgehead atoms. The van der Waals surface area contributed by atoms with Crippen LogP contribution < -0.4 is 5.32 Å². The molecule has 4 nitrogen and oxygen atoms in total. The average Bonchev–Trinajstić information content (AvgIpc) is 3.39. The number of aliphatic hydroxyl groups is 1. The van der Waals surface area contributed by atoms with Gasteiger partial charge < -0.3 is 10.4 Å². The predicted molar refractivity (Wildman–Crippen MR) is 95.7 cm³/mol. The third-order valence-corrected chi connectivity index (χ3v) is 5.41. The molecule has 24 heavy (non-hydrogen) atoms. The largest absolute Gasteiger partial charge is 0.392 e. The van der Waals surface area contributed by atoms with E-state index in [1.165, 1.54) is 24.0 Å². The summed E-state index contributed by atoms with van der Waals surface area (Å²) in [5.74, 6) is 0.658. The van der Waals surface area contributed by atoms with Gasteiger partial charge in [-0.05, 0) is 57.6 Å². The van der Waals surface area contributed by atoms with Crippen molar-refractivity contribution in [2.24, 2.45) is 5.92 Å². The fourth-order valence-electron chi connectivity index (χ4n) is 3.84. The number of aryl methyl sites for hydroxylation is 1. The van der Waals surface area contributed by atoms with Crippen molar-refractivity contribution in [3.8, 4) is 0 Å². The van der Waals surface area contributed by atoms with Crippen molar-refractivity contribution < 1.29 is 9.90 Å². The number of amides is 1. The van der Waals surface area contributed by atoms with Gasteiger partial charge in [-0.25, -0.2) is 0 Å². The zero-order chi connectivity index (χ0) is 17.1. The summed E-state index contributed by atoms with van der Waals surface area (Å²) in [7, 11) is 0. The van der Waals surface area contributed by atoms with Crippen LogP contribution in [0, 0.1) is 12.8 Å². The smallest absolute Gasteiger partial charge is 0.234 e. The highest BCUT2D eigenvalue weighted by Gasteiger charge is 2.34. The molecule has 132 valence electrons. The lowest BCUT2D eigenvalue weighted by molar-refractivity contribution is -0.124. The monoisotopic (exact) mass is 330 g/mol. The van der Waals surface area contributed by atoms with Crippen molar-refractivity contribution in [3.63, 3.8) is 0 Å². The van der Waals surface area contributed by atoms with Crippen molar-refractivity contribution in [1.82, 2.24) is 10.2 Å². The third-order valence-electron chi connectivity index (χ3n) is 5.41. The number of piperidine rings is 1. The lowest BCUT2D eigenvalue weighted by atomic mass is 9.98. The van der Waals surface area contributed by atoms with Crippen molar-refractivity contribution in [1.29, 1.82) is 0 Å². The molecule has 1 saturated heterocycles. The molecule has 1 aliphatic heterocycles. The summed E-state index contributed by atoms with van der Waals surface area (Å²) in [6.07, 6.45) is 5.24. The van der Waals surface area contributed by atoms with Crippen molar-refractivity contribution in [2.45, 2.75) is 64.1 Å². The summed E-state index contributed by atoms with van der Waals surface area (Å²) in [6.45, 7) is 5.22. The fraction of sp³-hybridized carbons (Fsp3) is 0.650. The maximum atomic E-state index is 12.6. The van der Waals surface area contributed by atoms with Crippen LogP contribution in [0.2, 0.25) is 0 Å². The van der Waals surface area contributed by atoms with E-state index in [0.717, 1.165) is 25.8 Å². The van der Waals surface area contributed by atoms with Gasteiger partial charge in [0.1, 0.15) is 0 Å². The van der Waals surface area contributed by atoms with E-state index in [1.807, 2.05) is 6.92 Å². The van der Waals surface area contributed by atoms with E-state index < -0.39 is 0 Å². The number of hydrogen-bond acceptors (Lipinski definition) is 3. The van der Waals surface area contributed by atoms with E-state index >= 15 is 0 Å². The van der Waals surface area contributed by atoms with Crippen LogP contribution in [0.3, 0.4) is 0 Å². The van der Waals surface area contributed by atoms with Gasteiger partial charge >= 0.3 is 0 Å². The number of carbonyl (C=O) groups excluding carboxylic acids is 1. The molecular formula is C20H30N2O2. The normalized spacial score (nSPS) is 24.4. The lowest BCUT2D eigenvalue weighted by Crippen LogP contribution is -2.50. The molecule has 0 radical (unpaired) electrons. The molecule has 1 aliphatic carbocycles. The molecule has 1 aromatic carbocycles. The van der Waals surface area contributed by atoms with Gasteiger partial charge in [-0.15, -0.1) is 0 Å². The molecule has 1 heterocycles. The Morgan fingerprint density at radius 3 is 2.58 bits per heavy atom. The Labute approximate surface area is 145 Å². The zero-order valence-corrected chi connectivity index (χ0v) is 14.9. The highest BCUT2D eigenvalue weighted by molar-refractivity contribution is 5.78. The van der Waals surface area contributed by atoms with Crippen LogP contribution >= 0.6 is 0 Å². The molecule has 1 aromatic rings. The second kappa shape index (κ2) is 7.66. The standard InChI is InChI=1S/C20H30N2O2/c1-14-6-8-16(9-7-14)20(17-10-11-17)21-19(24)13-22-12-4-3-5-18(22)15(2)23/h6-9,15,17-18,20,23H,3-5,10-13H2,1-2H3,(H,21,24). The van der Waals surface area contributed by atoms with E-state index in [2.05, 4.69) is 41.4 Å². The number of likely N-dealkylation sites (tertiary alicyclic amines) is 1. The van der Waals surface area contributed by atoms with Crippen LogP contribution in [0.1, 0.15) is 56.2 Å². The molecular weight excluding hydrogens is 300 g/mol. The molecule has 4 heteroatoms. The molecule has 2 fully saturated rings. The zero-order valence-electron chi connectivity index (χ0n) is 14.9. The summed E-state index contributed by atoms with van der Waals surface area (Å²) in [5, 5.41) is 13.2. The van der Waals surface area contributed by atoms with Gasteiger partial charge in [0, 0.05) is 6.04 Å². The van der Waals surface area contributed by atoms with E-state index in [9.17, 15) is 9.90 Å². The Hall–Kier alpha value is -1.39. The number of nitrogens with zero attached hydrogens (tertiary/aromatic N) is 1. The Balaban J connectivity index is 1.62. The van der Waals surface area contributed by atoms with Crippen LogP contribution in [0.25, 0.3) is 0 Å². The van der Waals surface area contributed by atoms with Gasteiger partial charge in [-0.2, -0.15) is 0 Å². The molecule has 0 aromatic heterocycles. The van der Waals surface area contributed by atoms with Crippen molar-refractivity contribution in [2.75, 3.05) is 13.1 Å². The van der Waals surface area contributed by atoms with Crippen LogP contribution in [0.5, 0.6) is 0 Å². The maximum Gasteiger partial charge on any atom is 0.234 e. The first-order valence-electron chi connectivity index (χ1n) is 9.32. The SMILES string of the molecule is Cc1ccc(C(NC(=O)CN2CCCCC2C(C)O)C2CC2)cc1. The van der Waals surface area contributed by atoms with Gasteiger partial charge in [-0.1, -0.05) is 36.2 Å². The number of benzene rings is 1. The molecule has 2 aliphatic rings. The summed E-state index contributed by atoms with van der Waals surface area (Å²) in [4.78, 5) is 14.8. The Bertz CT molecular complexity index is 551. The minimum atomic E-state index is -0.380. The molecule has 3 unspecified atom stereocenters. The molecule has 0 spiro atoms. The van der Waals surface area contributed by atoms with Crippen LogP contribution in [-0.4, -0.2) is 41.1 Å². The fourth-order valence-corrected chi connectivity index (χ4v) is 3.84. The van der Waals surface area contributed by atoms with Gasteiger partial charge in [0.25, 0.3) is 0 Å². The number of aliphatic hydroxyl groups excluding tert-OH is 1. The Morgan fingerprint density at radius 1 is 1.25 bits per heavy atom. The van der Waals surface area contributed by atoms with Gasteiger partial charge in [0.2, 0.25) is 5.91 Å². The minimum Gasteiger partial charge on any atom is -0.392 e. The Kier molecular flexibility index (Phi) is 5.57. The van der Waals surface area contributed by atoms with Crippen LogP contribution in [-0.2, 0) is 4.79 Å². The molecule has 2 N–H and O–H groups in total. The number of nitrogens with one attached hydrogen (secondary N) is 1. The van der Waals surface area contributed by atoms with Crippen LogP contribution in [0.4, 0.5) is 0 Å². The first-order valence-corrected chi connectivity index (χ1v) is 9.32. The van der Waals surface area contributed by atoms with Crippen molar-refractivity contribution >= 4 is 5.91 Å². The summed E-state index contributed by atoms with van der Waals surface area (Å²) in [5.41, 5.74) is 2.45. The quantitative estimate of drug-likeness (QED) is 0.843. The van der Waals surface area contributed by atoms with E-state index in [1.54, 1.807) is 0 Å². The topological polar surface area (TPSA) is 52.6 Å². The van der Waals surface area contributed by atoms with E-state index in [0.29, 0.717) is 12.5 Å². The molecule has 3 atom stereocenters. The van der Waals surface area contributed by atoms with Crippen LogP contribution in [0.15, 0.2) is 24.3 Å². The van der Waals surface area contributed by atoms with E-state index in [-0.39, 0.29) is 24.1 Å². The third kappa shape index (κ3) is 4.37. The average molecular weight is 330 g/mol.